The molecule has 1 aliphatic carbocycles. The van der Waals surface area contributed by atoms with Crippen molar-refractivity contribution in [2.45, 2.75) is 143 Å². The Balaban J connectivity index is 3.20. The van der Waals surface area contributed by atoms with Crippen molar-refractivity contribution in [1.29, 1.82) is 0 Å². The molecule has 2 atom stereocenters. The molecule has 0 aliphatic heterocycles. The molecule has 0 amide bonds. The molecule has 1 saturated carbocycles. The zero-order chi connectivity index (χ0) is 38.5. The van der Waals surface area contributed by atoms with Crippen molar-refractivity contribution < 1.29 is 48.0 Å². The van der Waals surface area contributed by atoms with Gasteiger partial charge in [0.2, 0.25) is 0 Å². The molecule has 0 spiro atoms. The number of ether oxygens (including phenoxy) is 4. The van der Waals surface area contributed by atoms with E-state index in [2.05, 4.69) is 5.32 Å². The van der Waals surface area contributed by atoms with Gasteiger partial charge in [-0.15, -0.1) is 0 Å². The summed E-state index contributed by atoms with van der Waals surface area (Å²) in [4.78, 5) is 68.2. The summed E-state index contributed by atoms with van der Waals surface area (Å²) in [6.45, 7) is 21.9. The van der Waals surface area contributed by atoms with Crippen LogP contribution >= 0.6 is 0 Å². The van der Waals surface area contributed by atoms with Gasteiger partial charge in [0.25, 0.3) is 0 Å². The summed E-state index contributed by atoms with van der Waals surface area (Å²) in [5.74, 6) is -2.89. The molecule has 50 heavy (non-hydrogen) atoms. The van der Waals surface area contributed by atoms with E-state index in [4.69, 9.17) is 18.9 Å². The SMILES string of the molecule is CC(C)(C)OC(=O)CN(CCN[C@H]1CCCC[C@@H]1N(CCN(CC(=O)OC(C)(C)C)CC(=O)OC(C)(C)C)CC(=O)OC(C)(C)C)CC(=O)O. The molecule has 0 saturated heterocycles. The molecule has 290 valence electrons. The highest BCUT2D eigenvalue weighted by Gasteiger charge is 2.33. The Kier molecular flexibility index (Phi) is 17.8. The highest BCUT2D eigenvalue weighted by molar-refractivity contribution is 5.76. The quantitative estimate of drug-likeness (QED) is 0.157. The van der Waals surface area contributed by atoms with Crippen molar-refractivity contribution in [2.75, 3.05) is 58.9 Å². The van der Waals surface area contributed by atoms with Crippen LogP contribution in [0.15, 0.2) is 0 Å². The van der Waals surface area contributed by atoms with Gasteiger partial charge >= 0.3 is 29.8 Å². The largest absolute Gasteiger partial charge is 0.480 e. The van der Waals surface area contributed by atoms with Crippen LogP contribution in [0.1, 0.15) is 109 Å². The van der Waals surface area contributed by atoms with Crippen LogP contribution in [-0.4, -0.2) is 143 Å². The summed E-state index contributed by atoms with van der Waals surface area (Å²) in [6.07, 6.45) is 3.51. The average molecular weight is 715 g/mol. The first-order valence-electron chi connectivity index (χ1n) is 17.7. The summed E-state index contributed by atoms with van der Waals surface area (Å²) in [5, 5.41) is 13.0. The number of esters is 4. The molecule has 14 heteroatoms. The second-order valence-electron chi connectivity index (χ2n) is 17.0. The van der Waals surface area contributed by atoms with Gasteiger partial charge < -0.3 is 29.4 Å². The van der Waals surface area contributed by atoms with Crippen LogP contribution in [0.4, 0.5) is 0 Å². The Bertz CT molecular complexity index is 1090. The second kappa shape index (κ2) is 19.7. The van der Waals surface area contributed by atoms with Crippen LogP contribution < -0.4 is 5.32 Å². The lowest BCUT2D eigenvalue weighted by atomic mass is 9.89. The van der Waals surface area contributed by atoms with Gasteiger partial charge in [0.15, 0.2) is 0 Å². The maximum absolute atomic E-state index is 13.2. The molecule has 1 fully saturated rings. The van der Waals surface area contributed by atoms with Crippen LogP contribution in [0, 0.1) is 0 Å². The number of rotatable bonds is 18. The fourth-order valence-electron chi connectivity index (χ4n) is 5.65. The monoisotopic (exact) mass is 714 g/mol. The summed E-state index contributed by atoms with van der Waals surface area (Å²) >= 11 is 0. The fraction of sp³-hybridized carbons (Fsp3) is 0.861. The van der Waals surface area contributed by atoms with E-state index in [0.29, 0.717) is 19.6 Å². The molecule has 1 rings (SSSR count). The molecule has 0 aromatic carbocycles. The first kappa shape index (κ1) is 45.2. The third kappa shape index (κ3) is 22.1. The minimum atomic E-state index is -1.05. The summed E-state index contributed by atoms with van der Waals surface area (Å²) < 4.78 is 22.2. The van der Waals surface area contributed by atoms with Gasteiger partial charge in [-0.1, -0.05) is 12.8 Å². The minimum absolute atomic E-state index is 0.00336. The third-order valence-electron chi connectivity index (χ3n) is 7.17. The fourth-order valence-corrected chi connectivity index (χ4v) is 5.65. The highest BCUT2D eigenvalue weighted by atomic mass is 16.6. The van der Waals surface area contributed by atoms with E-state index in [1.54, 1.807) is 67.2 Å². The number of aliphatic carboxylic acids is 1. The van der Waals surface area contributed by atoms with E-state index in [9.17, 15) is 29.1 Å². The van der Waals surface area contributed by atoms with Crippen LogP contribution in [0.5, 0.6) is 0 Å². The first-order valence-corrected chi connectivity index (χ1v) is 17.7. The standard InChI is InChI=1S/C36H66N4O10/c1-33(2,3)47-29(43)22-38(21-28(41)42)18-17-37-26-15-13-14-16-27(26)40(25-32(46)50-36(10,11)12)20-19-39(23-30(44)48-34(4,5)6)24-31(45)49-35(7,8)9/h26-27,37H,13-25H2,1-12H3,(H,41,42)/t26-,27-/m0/s1. The minimum Gasteiger partial charge on any atom is -0.480 e. The maximum Gasteiger partial charge on any atom is 0.320 e. The van der Waals surface area contributed by atoms with E-state index < -0.39 is 52.3 Å². The van der Waals surface area contributed by atoms with Crippen LogP contribution in [0.2, 0.25) is 0 Å². The molecule has 2 N–H and O–H groups in total. The van der Waals surface area contributed by atoms with Gasteiger partial charge in [-0.05, 0) is 95.9 Å². The molecular weight excluding hydrogens is 648 g/mol. The van der Waals surface area contributed by atoms with E-state index in [1.807, 2.05) is 25.7 Å². The second-order valence-corrected chi connectivity index (χ2v) is 17.0. The van der Waals surface area contributed by atoms with Gasteiger partial charge in [-0.25, -0.2) is 0 Å². The van der Waals surface area contributed by atoms with Gasteiger partial charge in [-0.2, -0.15) is 0 Å². The topological polar surface area (TPSA) is 164 Å². The van der Waals surface area contributed by atoms with E-state index in [-0.39, 0.29) is 51.4 Å². The smallest absolute Gasteiger partial charge is 0.320 e. The number of carboxylic acid groups (broad SMARTS) is 1. The Hall–Kier alpha value is -2.81. The van der Waals surface area contributed by atoms with Crippen LogP contribution in [0.25, 0.3) is 0 Å². The first-order chi connectivity index (χ1) is 22.7. The van der Waals surface area contributed by atoms with Crippen LogP contribution in [0.3, 0.4) is 0 Å². The zero-order valence-corrected chi connectivity index (χ0v) is 32.8. The van der Waals surface area contributed by atoms with Crippen molar-refractivity contribution >= 4 is 29.8 Å². The summed E-state index contributed by atoms with van der Waals surface area (Å²) in [7, 11) is 0. The lowest BCUT2D eigenvalue weighted by Crippen LogP contribution is -2.56. The number of nitrogens with one attached hydrogen (secondary N) is 1. The number of carbonyl (C=O) groups excluding carboxylic acids is 4. The van der Waals surface area contributed by atoms with E-state index in [1.165, 1.54) is 4.90 Å². The van der Waals surface area contributed by atoms with Crippen molar-refractivity contribution in [3.63, 3.8) is 0 Å². The normalized spacial score (nSPS) is 17.5. The summed E-state index contributed by atoms with van der Waals surface area (Å²) in [6, 6.07) is -0.149. The van der Waals surface area contributed by atoms with Crippen molar-refractivity contribution in [3.8, 4) is 0 Å². The Morgan fingerprint density at radius 1 is 0.560 bits per heavy atom. The molecule has 0 bridgehead atoms. The molecular formula is C36H66N4O10. The third-order valence-corrected chi connectivity index (χ3v) is 7.17. The van der Waals surface area contributed by atoms with Crippen molar-refractivity contribution in [3.05, 3.63) is 0 Å². The Morgan fingerprint density at radius 3 is 1.34 bits per heavy atom. The highest BCUT2D eigenvalue weighted by Crippen LogP contribution is 2.24. The number of hydrogen-bond donors (Lipinski definition) is 2. The van der Waals surface area contributed by atoms with Crippen molar-refractivity contribution in [2.24, 2.45) is 0 Å². The predicted molar refractivity (Wildman–Crippen MR) is 190 cm³/mol. The molecule has 0 aromatic rings. The summed E-state index contributed by atoms with van der Waals surface area (Å²) in [5.41, 5.74) is -2.78. The lowest BCUT2D eigenvalue weighted by molar-refractivity contribution is -0.162. The molecule has 0 aromatic heterocycles. The van der Waals surface area contributed by atoms with Gasteiger partial charge in [0.05, 0.1) is 32.7 Å². The predicted octanol–water partition coefficient (Wildman–Crippen LogP) is 3.24. The maximum atomic E-state index is 13.2. The Morgan fingerprint density at radius 2 is 0.940 bits per heavy atom. The average Bonchev–Trinajstić information content (AvgIpc) is 2.86. The molecule has 1 aliphatic rings. The number of carboxylic acids is 1. The van der Waals surface area contributed by atoms with Crippen LogP contribution in [-0.2, 0) is 42.9 Å². The molecule has 14 nitrogen and oxygen atoms in total. The number of carbonyl (C=O) groups is 5. The zero-order valence-electron chi connectivity index (χ0n) is 32.8. The molecule has 0 heterocycles. The van der Waals surface area contributed by atoms with Gasteiger partial charge in [-0.3, -0.25) is 38.7 Å². The Labute approximate surface area is 299 Å². The van der Waals surface area contributed by atoms with E-state index in [0.717, 1.165) is 25.7 Å². The van der Waals surface area contributed by atoms with Gasteiger partial charge in [0.1, 0.15) is 22.4 Å². The lowest BCUT2D eigenvalue weighted by Gasteiger charge is -2.41. The number of hydrogen-bond acceptors (Lipinski definition) is 13. The van der Waals surface area contributed by atoms with Gasteiger partial charge in [0, 0.05) is 38.3 Å². The molecule has 0 radical (unpaired) electrons. The van der Waals surface area contributed by atoms with Crippen molar-refractivity contribution in [1.82, 2.24) is 20.0 Å². The number of nitrogens with zero attached hydrogens (tertiary/aromatic N) is 3. The van der Waals surface area contributed by atoms with E-state index >= 15 is 0 Å². The molecule has 0 unspecified atom stereocenters.